The lowest BCUT2D eigenvalue weighted by molar-refractivity contribution is -0.131. The normalized spacial score (nSPS) is 15.9. The van der Waals surface area contributed by atoms with E-state index in [-0.39, 0.29) is 11.9 Å². The molecule has 0 bridgehead atoms. The topological polar surface area (TPSA) is 87.9 Å². The molecule has 1 atom stereocenters. The number of benzene rings is 1. The highest BCUT2D eigenvalue weighted by molar-refractivity contribution is 6.32. The van der Waals surface area contributed by atoms with Gasteiger partial charge < -0.3 is 19.9 Å². The molecule has 3 aromatic heterocycles. The molecule has 1 fully saturated rings. The number of carbonyl (C=O) groups is 1. The van der Waals surface area contributed by atoms with E-state index in [4.69, 9.17) is 16.3 Å². The maximum absolute atomic E-state index is 11.8. The molecule has 1 aliphatic rings. The van der Waals surface area contributed by atoms with E-state index in [2.05, 4.69) is 32.1 Å². The molecule has 0 saturated carbocycles. The molecule has 1 unspecified atom stereocenters. The lowest BCUT2D eigenvalue weighted by Gasteiger charge is -2.40. The average molecular weight is 492 g/mol. The van der Waals surface area contributed by atoms with Crippen molar-refractivity contribution in [2.24, 2.45) is 0 Å². The second-order valence-corrected chi connectivity index (χ2v) is 8.89. The minimum atomic E-state index is 0.112. The summed E-state index contributed by atoms with van der Waals surface area (Å²) in [6.07, 6.45) is 5.24. The minimum Gasteiger partial charge on any atom is -0.494 e. The molecule has 4 aromatic rings. The van der Waals surface area contributed by atoms with E-state index in [0.717, 1.165) is 35.8 Å². The van der Waals surface area contributed by atoms with Crippen LogP contribution in [-0.4, -0.2) is 62.9 Å². The Morgan fingerprint density at radius 2 is 2.03 bits per heavy atom. The summed E-state index contributed by atoms with van der Waals surface area (Å²) in [6.45, 7) is 5.92. The molecule has 10 heteroatoms. The summed E-state index contributed by atoms with van der Waals surface area (Å²) in [4.78, 5) is 29.4. The smallest absolute Gasteiger partial charge is 0.227 e. The van der Waals surface area contributed by atoms with E-state index < -0.39 is 0 Å². The molecular weight excluding hydrogens is 466 g/mol. The van der Waals surface area contributed by atoms with E-state index in [9.17, 15) is 4.79 Å². The first-order valence-corrected chi connectivity index (χ1v) is 11.7. The van der Waals surface area contributed by atoms with Crippen molar-refractivity contribution in [2.45, 2.75) is 19.9 Å². The van der Waals surface area contributed by atoms with Crippen molar-refractivity contribution < 1.29 is 9.53 Å². The number of piperazine rings is 1. The molecular formula is C25H26ClN7O2. The molecule has 0 radical (unpaired) electrons. The number of hydrogen-bond acceptors (Lipinski definition) is 7. The number of aromatic nitrogens is 4. The van der Waals surface area contributed by atoms with E-state index in [1.807, 2.05) is 51.9 Å². The van der Waals surface area contributed by atoms with Crippen LogP contribution in [0.2, 0.25) is 5.02 Å². The van der Waals surface area contributed by atoms with Crippen LogP contribution in [0.25, 0.3) is 17.0 Å². The number of fused-ring (bicyclic) bond motifs is 1. The lowest BCUT2D eigenvalue weighted by Crippen LogP contribution is -2.53. The largest absolute Gasteiger partial charge is 0.494 e. The summed E-state index contributed by atoms with van der Waals surface area (Å²) in [7, 11) is 1.63. The van der Waals surface area contributed by atoms with Crippen LogP contribution in [0.3, 0.4) is 0 Å². The minimum absolute atomic E-state index is 0.112. The third kappa shape index (κ3) is 4.46. The van der Waals surface area contributed by atoms with Gasteiger partial charge in [0.05, 0.1) is 35.9 Å². The van der Waals surface area contributed by atoms with Gasteiger partial charge in [-0.1, -0.05) is 17.7 Å². The van der Waals surface area contributed by atoms with Crippen LogP contribution in [-0.2, 0) is 4.79 Å². The Morgan fingerprint density at radius 3 is 2.80 bits per heavy atom. The number of halogens is 1. The second kappa shape index (κ2) is 9.42. The summed E-state index contributed by atoms with van der Waals surface area (Å²) < 4.78 is 7.60. The molecule has 180 valence electrons. The fraction of sp³-hybridized carbons (Fsp3) is 0.280. The number of imidazole rings is 1. The predicted octanol–water partition coefficient (Wildman–Crippen LogP) is 4.25. The van der Waals surface area contributed by atoms with Gasteiger partial charge in [0.25, 0.3) is 0 Å². The molecule has 1 saturated heterocycles. The number of methoxy groups -OCH3 is 1. The molecule has 5 rings (SSSR count). The number of ether oxygens (including phenoxy) is 1. The van der Waals surface area contributed by atoms with Crippen molar-refractivity contribution in [2.75, 3.05) is 37.0 Å². The van der Waals surface area contributed by atoms with E-state index in [1.54, 1.807) is 26.4 Å². The van der Waals surface area contributed by atoms with Crippen molar-refractivity contribution in [3.8, 4) is 17.1 Å². The Labute approximate surface area is 208 Å². The van der Waals surface area contributed by atoms with Gasteiger partial charge in [0, 0.05) is 50.6 Å². The number of carbonyl (C=O) groups excluding carboxylic acids is 1. The standard InChI is InChI=1S/C25H26ClN7O2/c1-16-15-31(10-11-32(16)17(2)34)18-7-8-20(22(12-18)35-3)29-25-28-13-19(26)24(30-25)21-14-27-23-6-4-5-9-33(21)23/h4-9,12-14,16H,10-11,15H2,1-3H3,(H,28,29,30). The van der Waals surface area contributed by atoms with Crippen LogP contribution in [0.5, 0.6) is 5.75 Å². The number of nitrogens with zero attached hydrogens (tertiary/aromatic N) is 6. The molecule has 0 spiro atoms. The predicted molar refractivity (Wildman–Crippen MR) is 137 cm³/mol. The van der Waals surface area contributed by atoms with Gasteiger partial charge in [0.15, 0.2) is 0 Å². The monoisotopic (exact) mass is 491 g/mol. The fourth-order valence-corrected chi connectivity index (χ4v) is 4.66. The molecule has 35 heavy (non-hydrogen) atoms. The third-order valence-electron chi connectivity index (χ3n) is 6.23. The summed E-state index contributed by atoms with van der Waals surface area (Å²) in [5.41, 5.74) is 3.93. The Balaban J connectivity index is 1.40. The van der Waals surface area contributed by atoms with E-state index >= 15 is 0 Å². The Bertz CT molecular complexity index is 1390. The molecule has 1 N–H and O–H groups in total. The SMILES string of the molecule is COc1cc(N2CCN(C(C)=O)C(C)C2)ccc1Nc1ncc(Cl)c(-c2cnc3ccccn23)n1. The summed E-state index contributed by atoms with van der Waals surface area (Å²) >= 11 is 6.45. The second-order valence-electron chi connectivity index (χ2n) is 8.48. The van der Waals surface area contributed by atoms with Gasteiger partial charge >= 0.3 is 0 Å². The average Bonchev–Trinajstić information content (AvgIpc) is 3.29. The van der Waals surface area contributed by atoms with Gasteiger partial charge in [-0.2, -0.15) is 0 Å². The quantitative estimate of drug-likeness (QED) is 0.446. The maximum Gasteiger partial charge on any atom is 0.227 e. The first-order valence-electron chi connectivity index (χ1n) is 11.4. The van der Waals surface area contributed by atoms with Gasteiger partial charge in [-0.15, -0.1) is 0 Å². The fourth-order valence-electron chi connectivity index (χ4n) is 4.47. The van der Waals surface area contributed by atoms with Crippen LogP contribution < -0.4 is 15.0 Å². The number of rotatable bonds is 5. The number of nitrogens with one attached hydrogen (secondary N) is 1. The molecule has 1 amide bonds. The number of hydrogen-bond donors (Lipinski definition) is 1. The van der Waals surface area contributed by atoms with Crippen LogP contribution in [0, 0.1) is 0 Å². The highest BCUT2D eigenvalue weighted by atomic mass is 35.5. The zero-order chi connectivity index (χ0) is 24.5. The Hall–Kier alpha value is -3.85. The summed E-state index contributed by atoms with van der Waals surface area (Å²) in [5, 5.41) is 3.69. The van der Waals surface area contributed by atoms with E-state index in [1.165, 1.54) is 0 Å². The van der Waals surface area contributed by atoms with Crippen molar-refractivity contribution >= 4 is 40.5 Å². The van der Waals surface area contributed by atoms with Gasteiger partial charge in [0.1, 0.15) is 17.1 Å². The first kappa shape index (κ1) is 22.9. The van der Waals surface area contributed by atoms with Crippen molar-refractivity contribution in [1.29, 1.82) is 0 Å². The Morgan fingerprint density at radius 1 is 1.17 bits per heavy atom. The number of anilines is 3. The third-order valence-corrected chi connectivity index (χ3v) is 6.51. The molecule has 0 aliphatic carbocycles. The molecule has 9 nitrogen and oxygen atoms in total. The lowest BCUT2D eigenvalue weighted by atomic mass is 10.1. The Kier molecular flexibility index (Phi) is 6.17. The van der Waals surface area contributed by atoms with Crippen LogP contribution in [0.15, 0.2) is 55.0 Å². The summed E-state index contributed by atoms with van der Waals surface area (Å²) in [5.74, 6) is 1.17. The van der Waals surface area contributed by atoms with Gasteiger partial charge in [-0.25, -0.2) is 15.0 Å². The first-order chi connectivity index (χ1) is 16.9. The van der Waals surface area contributed by atoms with Crippen molar-refractivity contribution in [3.63, 3.8) is 0 Å². The highest BCUT2D eigenvalue weighted by Crippen LogP contribution is 2.33. The van der Waals surface area contributed by atoms with Gasteiger partial charge in [-0.05, 0) is 31.2 Å². The molecule has 1 aromatic carbocycles. The van der Waals surface area contributed by atoms with Crippen molar-refractivity contribution in [1.82, 2.24) is 24.3 Å². The number of pyridine rings is 1. The molecule has 4 heterocycles. The van der Waals surface area contributed by atoms with Crippen LogP contribution in [0.4, 0.5) is 17.3 Å². The highest BCUT2D eigenvalue weighted by Gasteiger charge is 2.26. The number of amides is 1. The van der Waals surface area contributed by atoms with Gasteiger partial charge in [0.2, 0.25) is 11.9 Å². The maximum atomic E-state index is 11.8. The summed E-state index contributed by atoms with van der Waals surface area (Å²) in [6, 6.07) is 11.9. The van der Waals surface area contributed by atoms with Gasteiger partial charge in [-0.3, -0.25) is 9.20 Å². The van der Waals surface area contributed by atoms with E-state index in [0.29, 0.717) is 29.0 Å². The van der Waals surface area contributed by atoms with Crippen LogP contribution >= 0.6 is 11.6 Å². The zero-order valence-electron chi connectivity index (χ0n) is 19.8. The molecule has 1 aliphatic heterocycles. The van der Waals surface area contributed by atoms with Crippen LogP contribution in [0.1, 0.15) is 13.8 Å². The van der Waals surface area contributed by atoms with Crippen molar-refractivity contribution in [3.05, 3.63) is 60.0 Å². The zero-order valence-corrected chi connectivity index (χ0v) is 20.5.